The van der Waals surface area contributed by atoms with Crippen LogP contribution in [-0.2, 0) is 11.2 Å². The molecule has 0 amide bonds. The van der Waals surface area contributed by atoms with E-state index in [0.29, 0.717) is 18.1 Å². The zero-order chi connectivity index (χ0) is 14.3. The number of aromatic nitrogens is 2. The van der Waals surface area contributed by atoms with Crippen molar-refractivity contribution >= 4 is 11.6 Å². The van der Waals surface area contributed by atoms with Crippen molar-refractivity contribution in [2.45, 2.75) is 25.9 Å². The third-order valence-corrected chi connectivity index (χ3v) is 2.28. The summed E-state index contributed by atoms with van der Waals surface area (Å²) in [6, 6.07) is 0. The van der Waals surface area contributed by atoms with Gasteiger partial charge in [-0.05, 0) is 6.42 Å². The molecule has 0 saturated heterocycles. The normalized spacial score (nSPS) is 11.6. The summed E-state index contributed by atoms with van der Waals surface area (Å²) >= 11 is 0. The lowest BCUT2D eigenvalue weighted by Gasteiger charge is -2.12. The maximum atomic E-state index is 11.8. The Hall–Kier alpha value is -1.57. The fourth-order valence-corrected chi connectivity index (χ4v) is 1.50. The minimum absolute atomic E-state index is 0.0605. The lowest BCUT2D eigenvalue weighted by atomic mass is 10.1. The molecule has 1 heterocycles. The summed E-state index contributed by atoms with van der Waals surface area (Å²) in [5, 5.41) is 2.90. The molecule has 1 aromatic rings. The molecule has 0 aliphatic carbocycles. The molecule has 108 valence electrons. The highest BCUT2D eigenvalue weighted by Crippen LogP contribution is 2.18. The van der Waals surface area contributed by atoms with Crippen LogP contribution in [0.5, 0.6) is 0 Å². The van der Waals surface area contributed by atoms with Gasteiger partial charge in [-0.25, -0.2) is 9.97 Å². The molecule has 0 aromatic carbocycles. The van der Waals surface area contributed by atoms with Gasteiger partial charge in [0, 0.05) is 12.1 Å². The number of halogens is 3. The van der Waals surface area contributed by atoms with Crippen LogP contribution in [0.1, 0.15) is 18.9 Å². The second kappa shape index (κ2) is 7.13. The topological polar surface area (TPSA) is 73.1 Å². The van der Waals surface area contributed by atoms with Crippen molar-refractivity contribution in [3.05, 3.63) is 11.9 Å². The van der Waals surface area contributed by atoms with E-state index >= 15 is 0 Å². The summed E-state index contributed by atoms with van der Waals surface area (Å²) in [4.78, 5) is 7.91. The highest BCUT2D eigenvalue weighted by molar-refractivity contribution is 5.54. The zero-order valence-electron chi connectivity index (χ0n) is 10.6. The van der Waals surface area contributed by atoms with Crippen LogP contribution in [0.2, 0.25) is 0 Å². The van der Waals surface area contributed by atoms with Gasteiger partial charge in [0.05, 0.1) is 6.61 Å². The first kappa shape index (κ1) is 15.5. The van der Waals surface area contributed by atoms with Crippen LogP contribution in [-0.4, -0.2) is 35.9 Å². The van der Waals surface area contributed by atoms with Crippen LogP contribution in [0.15, 0.2) is 6.33 Å². The van der Waals surface area contributed by atoms with Crippen LogP contribution >= 0.6 is 0 Å². The SMILES string of the molecule is CCCc1c(N)ncnc1NCCOCC(F)(F)F. The Balaban J connectivity index is 2.43. The average molecular weight is 278 g/mol. The van der Waals surface area contributed by atoms with Gasteiger partial charge < -0.3 is 15.8 Å². The Labute approximate surface area is 109 Å². The molecular formula is C11H17F3N4O. The highest BCUT2D eigenvalue weighted by atomic mass is 19.4. The number of nitrogens with one attached hydrogen (secondary N) is 1. The number of rotatable bonds is 7. The molecule has 5 nitrogen and oxygen atoms in total. The van der Waals surface area contributed by atoms with E-state index < -0.39 is 12.8 Å². The summed E-state index contributed by atoms with van der Waals surface area (Å²) in [5.74, 6) is 0.931. The Kier molecular flexibility index (Phi) is 5.81. The molecule has 19 heavy (non-hydrogen) atoms. The second-order valence-corrected chi connectivity index (χ2v) is 3.93. The lowest BCUT2D eigenvalue weighted by Crippen LogP contribution is -2.20. The Bertz CT molecular complexity index is 398. The number of anilines is 2. The quantitative estimate of drug-likeness (QED) is 0.746. The van der Waals surface area contributed by atoms with Gasteiger partial charge in [-0.1, -0.05) is 13.3 Å². The van der Waals surface area contributed by atoms with Crippen LogP contribution in [0, 0.1) is 0 Å². The molecule has 8 heteroatoms. The molecule has 0 saturated carbocycles. The van der Waals surface area contributed by atoms with Gasteiger partial charge in [-0.15, -0.1) is 0 Å². The zero-order valence-corrected chi connectivity index (χ0v) is 10.6. The van der Waals surface area contributed by atoms with Crippen molar-refractivity contribution < 1.29 is 17.9 Å². The molecule has 0 aliphatic heterocycles. The van der Waals surface area contributed by atoms with Crippen LogP contribution in [0.4, 0.5) is 24.8 Å². The van der Waals surface area contributed by atoms with Gasteiger partial charge in [0.25, 0.3) is 0 Å². The number of nitrogen functional groups attached to an aromatic ring is 1. The van der Waals surface area contributed by atoms with Crippen molar-refractivity contribution in [1.82, 2.24) is 9.97 Å². The number of hydrogen-bond acceptors (Lipinski definition) is 5. The first-order valence-corrected chi connectivity index (χ1v) is 5.91. The average Bonchev–Trinajstić information content (AvgIpc) is 2.31. The molecule has 0 spiro atoms. The minimum Gasteiger partial charge on any atom is -0.383 e. The summed E-state index contributed by atoms with van der Waals surface area (Å²) in [6.07, 6.45) is -1.41. The van der Waals surface area contributed by atoms with E-state index in [9.17, 15) is 13.2 Å². The molecule has 1 aromatic heterocycles. The molecule has 3 N–H and O–H groups in total. The van der Waals surface area contributed by atoms with E-state index in [-0.39, 0.29) is 13.2 Å². The number of nitrogens with two attached hydrogens (primary N) is 1. The van der Waals surface area contributed by atoms with E-state index in [1.165, 1.54) is 6.33 Å². The number of ether oxygens (including phenoxy) is 1. The summed E-state index contributed by atoms with van der Waals surface area (Å²) in [5.41, 5.74) is 6.50. The number of hydrogen-bond donors (Lipinski definition) is 2. The van der Waals surface area contributed by atoms with E-state index in [2.05, 4.69) is 20.0 Å². The third kappa shape index (κ3) is 5.73. The molecule has 0 radical (unpaired) electrons. The van der Waals surface area contributed by atoms with Crippen molar-refractivity contribution in [2.24, 2.45) is 0 Å². The fourth-order valence-electron chi connectivity index (χ4n) is 1.50. The Morgan fingerprint density at radius 2 is 2.11 bits per heavy atom. The van der Waals surface area contributed by atoms with Gasteiger partial charge in [0.2, 0.25) is 0 Å². The Morgan fingerprint density at radius 3 is 2.74 bits per heavy atom. The fraction of sp³-hybridized carbons (Fsp3) is 0.636. The molecule has 0 unspecified atom stereocenters. The van der Waals surface area contributed by atoms with Gasteiger partial charge in [0.15, 0.2) is 0 Å². The van der Waals surface area contributed by atoms with Crippen LogP contribution in [0.3, 0.4) is 0 Å². The first-order chi connectivity index (χ1) is 8.94. The van der Waals surface area contributed by atoms with Gasteiger partial charge >= 0.3 is 6.18 Å². The molecule has 0 bridgehead atoms. The van der Waals surface area contributed by atoms with E-state index in [4.69, 9.17) is 5.73 Å². The molecule has 0 fully saturated rings. The molecule has 0 aliphatic rings. The largest absolute Gasteiger partial charge is 0.411 e. The van der Waals surface area contributed by atoms with Gasteiger partial charge in [-0.3, -0.25) is 0 Å². The second-order valence-electron chi connectivity index (χ2n) is 3.93. The molecule has 1 rings (SSSR count). The summed E-state index contributed by atoms with van der Waals surface area (Å²) in [6.45, 7) is 0.906. The predicted octanol–water partition coefficient (Wildman–Crippen LogP) is 2.00. The highest BCUT2D eigenvalue weighted by Gasteiger charge is 2.27. The van der Waals surface area contributed by atoms with Gasteiger partial charge in [0.1, 0.15) is 24.6 Å². The van der Waals surface area contributed by atoms with Crippen molar-refractivity contribution in [2.75, 3.05) is 30.8 Å². The lowest BCUT2D eigenvalue weighted by molar-refractivity contribution is -0.172. The van der Waals surface area contributed by atoms with Crippen molar-refractivity contribution in [3.8, 4) is 0 Å². The minimum atomic E-state index is -4.30. The predicted molar refractivity (Wildman–Crippen MR) is 65.8 cm³/mol. The first-order valence-electron chi connectivity index (χ1n) is 5.91. The molecular weight excluding hydrogens is 261 g/mol. The van der Waals surface area contributed by atoms with E-state index in [1.807, 2.05) is 6.92 Å². The van der Waals surface area contributed by atoms with Crippen LogP contribution < -0.4 is 11.1 Å². The number of nitrogens with zero attached hydrogens (tertiary/aromatic N) is 2. The monoisotopic (exact) mass is 278 g/mol. The van der Waals surface area contributed by atoms with Crippen LogP contribution in [0.25, 0.3) is 0 Å². The maximum absolute atomic E-state index is 11.8. The smallest absolute Gasteiger partial charge is 0.383 e. The Morgan fingerprint density at radius 1 is 1.37 bits per heavy atom. The summed E-state index contributed by atoms with van der Waals surface area (Å²) in [7, 11) is 0. The van der Waals surface area contributed by atoms with Gasteiger partial charge in [-0.2, -0.15) is 13.2 Å². The van der Waals surface area contributed by atoms with Crippen molar-refractivity contribution in [1.29, 1.82) is 0 Å². The summed E-state index contributed by atoms with van der Waals surface area (Å²) < 4.78 is 40.0. The molecule has 0 atom stereocenters. The standard InChI is InChI=1S/C11H17F3N4O/c1-2-3-8-9(15)17-7-18-10(8)16-4-5-19-6-11(12,13)14/h7H,2-6H2,1H3,(H3,15,16,17,18). The number of alkyl halides is 3. The maximum Gasteiger partial charge on any atom is 0.411 e. The van der Waals surface area contributed by atoms with E-state index in [0.717, 1.165) is 12.0 Å². The van der Waals surface area contributed by atoms with Crippen molar-refractivity contribution in [3.63, 3.8) is 0 Å². The van der Waals surface area contributed by atoms with E-state index in [1.54, 1.807) is 0 Å². The third-order valence-electron chi connectivity index (χ3n) is 2.28.